The molecule has 246 valence electrons. The van der Waals surface area contributed by atoms with Crippen LogP contribution >= 0.6 is 15.6 Å². The molecule has 8 N–H and O–H groups in total. The van der Waals surface area contributed by atoms with Crippen LogP contribution in [0.25, 0.3) is 11.2 Å². The Morgan fingerprint density at radius 1 is 1.00 bits per heavy atom. The van der Waals surface area contributed by atoms with Crippen LogP contribution in [-0.4, -0.2) is 117 Å². The van der Waals surface area contributed by atoms with E-state index < -0.39 is 101 Å². The van der Waals surface area contributed by atoms with Crippen LogP contribution in [0.3, 0.4) is 0 Å². The van der Waals surface area contributed by atoms with Gasteiger partial charge in [0, 0.05) is 7.05 Å². The minimum atomic E-state index is -5.69. The Morgan fingerprint density at radius 2 is 1.68 bits per heavy atom. The largest absolute Gasteiger partial charge is 0.483 e. The Kier molecular flexibility index (Phi) is 7.76. The van der Waals surface area contributed by atoms with E-state index in [0.29, 0.717) is 0 Å². The molecular formula is C20H29N5O17P2. The molecule has 0 aliphatic carbocycles. The second-order valence-electron chi connectivity index (χ2n) is 10.8. The molecule has 2 aromatic heterocycles. The van der Waals surface area contributed by atoms with Gasteiger partial charge in [0.15, 0.2) is 29.5 Å². The molecule has 0 spiro atoms. The predicted octanol–water partition coefficient (Wildman–Crippen LogP) is -3.10. The third-order valence-electron chi connectivity index (χ3n) is 7.29. The summed E-state index contributed by atoms with van der Waals surface area (Å²) in [7, 11) is -9.97. The zero-order valence-corrected chi connectivity index (χ0v) is 24.7. The van der Waals surface area contributed by atoms with Crippen molar-refractivity contribution in [1.29, 1.82) is 0 Å². The van der Waals surface area contributed by atoms with E-state index in [9.17, 15) is 34.1 Å². The highest BCUT2D eigenvalue weighted by molar-refractivity contribution is 7.60. The second kappa shape index (κ2) is 10.7. The molecule has 0 amide bonds. The van der Waals surface area contributed by atoms with Crippen LogP contribution in [-0.2, 0) is 48.7 Å². The quantitative estimate of drug-likeness (QED) is 0.155. The predicted molar refractivity (Wildman–Crippen MR) is 136 cm³/mol. The van der Waals surface area contributed by atoms with Crippen molar-refractivity contribution in [2.24, 2.45) is 7.05 Å². The van der Waals surface area contributed by atoms with E-state index in [1.165, 1.54) is 20.9 Å². The minimum Gasteiger partial charge on any atom is -0.432 e. The molecule has 2 aromatic rings. The summed E-state index contributed by atoms with van der Waals surface area (Å²) in [6.45, 7) is 2.21. The number of anilines is 1. The van der Waals surface area contributed by atoms with Gasteiger partial charge in [-0.25, -0.2) is 13.7 Å². The molecule has 4 bridgehead atoms. The molecule has 22 nitrogen and oxygen atoms in total. The molecule has 6 rings (SSSR count). The number of phosphoric ester groups is 1. The van der Waals surface area contributed by atoms with E-state index >= 15 is 0 Å². The lowest BCUT2D eigenvalue weighted by molar-refractivity contribution is -0.316. The van der Waals surface area contributed by atoms with Crippen molar-refractivity contribution >= 4 is 32.8 Å². The fraction of sp³-hybridized carbons (Fsp3) is 0.750. The summed E-state index contributed by atoms with van der Waals surface area (Å²) in [5.74, 6) is -1.58. The van der Waals surface area contributed by atoms with Gasteiger partial charge in [-0.15, -0.1) is 0 Å². The highest BCUT2D eigenvalue weighted by atomic mass is 31.3. The van der Waals surface area contributed by atoms with Gasteiger partial charge in [-0.2, -0.15) is 14.3 Å². The smallest absolute Gasteiger partial charge is 0.432 e. The lowest BCUT2D eigenvalue weighted by atomic mass is 9.98. The summed E-state index contributed by atoms with van der Waals surface area (Å²) >= 11 is 0. The molecular weight excluding hydrogens is 644 g/mol. The molecule has 11 atom stereocenters. The molecule has 6 heterocycles. The molecule has 4 aliphatic heterocycles. The normalized spacial score (nSPS) is 37.9. The van der Waals surface area contributed by atoms with Gasteiger partial charge < -0.3 is 64.2 Å². The standard InChI is InChI=1S/C20H29N5O17P2/c1-20(2)39-10-11(40-20)15-25-13-6(14(29)24(3)18(21)23-13)22-19(25)38-16-8(28)9(7(27)5(4-26)35-16)37-17(12(10)36-15)41-44(33,34)42-43(30,31)32/h5,7-12,15-17,26-28H,4H2,1-3H3,(H2,21,23)(H,33,34)(H2,30,31,32)/t5-,7-,8+,9+,10+,11-,12+,15-,16-,17+/m1/s1. The van der Waals surface area contributed by atoms with E-state index in [4.69, 9.17) is 48.5 Å². The first-order chi connectivity index (χ1) is 20.4. The summed E-state index contributed by atoms with van der Waals surface area (Å²) in [5.41, 5.74) is 4.79. The maximum atomic E-state index is 13.1. The summed E-state index contributed by atoms with van der Waals surface area (Å²) < 4.78 is 70.5. The number of fused-ring (bicyclic) bond motifs is 11. The number of nitrogen functional groups attached to an aromatic ring is 1. The molecule has 3 saturated heterocycles. The number of rotatable bonds is 5. The van der Waals surface area contributed by atoms with E-state index in [1.807, 2.05) is 0 Å². The highest BCUT2D eigenvalue weighted by Gasteiger charge is 2.62. The van der Waals surface area contributed by atoms with Crippen LogP contribution in [0.4, 0.5) is 5.95 Å². The third kappa shape index (κ3) is 5.48. The van der Waals surface area contributed by atoms with Gasteiger partial charge in [-0.05, 0) is 13.8 Å². The van der Waals surface area contributed by atoms with Crippen LogP contribution in [0.5, 0.6) is 6.01 Å². The Balaban J connectivity index is 1.56. The number of nitrogens with two attached hydrogens (primary N) is 1. The lowest BCUT2D eigenvalue weighted by Gasteiger charge is -2.42. The Hall–Kier alpha value is -2.11. The van der Waals surface area contributed by atoms with Gasteiger partial charge in [-0.1, -0.05) is 0 Å². The number of aromatic nitrogens is 4. The van der Waals surface area contributed by atoms with Crippen LogP contribution in [0, 0.1) is 0 Å². The maximum absolute atomic E-state index is 13.1. The fourth-order valence-electron chi connectivity index (χ4n) is 5.47. The Morgan fingerprint density at radius 3 is 2.34 bits per heavy atom. The average molecular weight is 673 g/mol. The number of nitrogens with zero attached hydrogens (tertiary/aromatic N) is 4. The molecule has 4 aliphatic rings. The summed E-state index contributed by atoms with van der Waals surface area (Å²) in [5, 5.41) is 31.9. The summed E-state index contributed by atoms with van der Waals surface area (Å²) in [4.78, 5) is 50.1. The molecule has 0 radical (unpaired) electrons. The van der Waals surface area contributed by atoms with Crippen molar-refractivity contribution in [3.63, 3.8) is 0 Å². The monoisotopic (exact) mass is 673 g/mol. The van der Waals surface area contributed by atoms with E-state index in [2.05, 4.69) is 14.3 Å². The zero-order valence-electron chi connectivity index (χ0n) is 22.9. The molecule has 0 saturated carbocycles. The molecule has 44 heavy (non-hydrogen) atoms. The van der Waals surface area contributed by atoms with Gasteiger partial charge in [0.25, 0.3) is 5.56 Å². The molecule has 1 unspecified atom stereocenters. The van der Waals surface area contributed by atoms with Crippen molar-refractivity contribution in [2.75, 3.05) is 12.3 Å². The number of hydrogen-bond acceptors (Lipinski definition) is 17. The first-order valence-electron chi connectivity index (χ1n) is 12.9. The van der Waals surface area contributed by atoms with Crippen molar-refractivity contribution < 1.29 is 76.4 Å². The second-order valence-corrected chi connectivity index (χ2v) is 13.5. The number of aliphatic hydroxyl groups excluding tert-OH is 3. The average Bonchev–Trinajstić information content (AvgIpc) is 3.52. The number of imidazole rings is 1. The summed E-state index contributed by atoms with van der Waals surface area (Å²) in [6, 6.07) is -0.430. The van der Waals surface area contributed by atoms with Crippen LogP contribution in [0.1, 0.15) is 20.1 Å². The minimum absolute atomic E-state index is 0.186. The van der Waals surface area contributed by atoms with E-state index in [1.54, 1.807) is 0 Å². The molecule has 0 aromatic carbocycles. The first-order valence-corrected chi connectivity index (χ1v) is 15.9. The van der Waals surface area contributed by atoms with Crippen LogP contribution in [0.15, 0.2) is 4.79 Å². The maximum Gasteiger partial charge on any atom is 0.483 e. The van der Waals surface area contributed by atoms with Crippen molar-refractivity contribution in [2.45, 2.75) is 81.2 Å². The van der Waals surface area contributed by atoms with Gasteiger partial charge in [0.05, 0.1) is 6.61 Å². The van der Waals surface area contributed by atoms with E-state index in [-0.39, 0.29) is 17.1 Å². The number of ether oxygens (including phenoxy) is 6. The van der Waals surface area contributed by atoms with Gasteiger partial charge >= 0.3 is 21.7 Å². The number of phosphoric acid groups is 2. The van der Waals surface area contributed by atoms with Crippen molar-refractivity contribution in [3.05, 3.63) is 10.4 Å². The third-order valence-corrected chi connectivity index (χ3v) is 9.44. The topological polar surface area (TPSA) is 308 Å². The Labute approximate surface area is 245 Å². The van der Waals surface area contributed by atoms with Crippen LogP contribution < -0.4 is 16.0 Å². The van der Waals surface area contributed by atoms with Gasteiger partial charge in [-0.3, -0.25) is 13.9 Å². The number of hydrogen-bond donors (Lipinski definition) is 7. The lowest BCUT2D eigenvalue weighted by Crippen LogP contribution is -2.62. The van der Waals surface area contributed by atoms with E-state index in [0.717, 1.165) is 9.13 Å². The first kappa shape index (κ1) is 31.9. The van der Waals surface area contributed by atoms with Gasteiger partial charge in [0.2, 0.25) is 12.2 Å². The van der Waals surface area contributed by atoms with Crippen molar-refractivity contribution in [1.82, 2.24) is 19.1 Å². The fourth-order valence-corrected chi connectivity index (χ4v) is 7.13. The number of aliphatic hydroxyl groups is 3. The van der Waals surface area contributed by atoms with Crippen LogP contribution in [0.2, 0.25) is 0 Å². The molecule has 3 fully saturated rings. The zero-order chi connectivity index (χ0) is 32.1. The van der Waals surface area contributed by atoms with Gasteiger partial charge in [0.1, 0.15) is 42.7 Å². The Bertz CT molecular complexity index is 1610. The highest BCUT2D eigenvalue weighted by Crippen LogP contribution is 2.59. The van der Waals surface area contributed by atoms with Crippen molar-refractivity contribution in [3.8, 4) is 6.01 Å². The summed E-state index contributed by atoms with van der Waals surface area (Å²) in [6.07, 6.45) is -16.6. The SMILES string of the molecule is Cn1c(N)nc2c(nc3n2[C@@H]2O[C@H]([C@H](OP(=O)(O)OP(=O)(O)O)O[C@@H]4[C@H](O)[C@@H](O3)O[C@H](CO)[C@H]4O)[C@H]3OC(C)(C)O[C@H]32)c1=O. The molecule has 24 heteroatoms.